The van der Waals surface area contributed by atoms with Gasteiger partial charge in [-0.2, -0.15) is 0 Å². The number of nitrogens with zero attached hydrogens (tertiary/aromatic N) is 2. The van der Waals surface area contributed by atoms with Crippen LogP contribution >= 0.6 is 15.9 Å². The first-order valence-corrected chi connectivity index (χ1v) is 15.5. The maximum Gasteiger partial charge on any atom is 0.251 e. The van der Waals surface area contributed by atoms with Crippen molar-refractivity contribution in [1.82, 2.24) is 15.1 Å². The summed E-state index contributed by atoms with van der Waals surface area (Å²) in [5, 5.41) is 2.99. The van der Waals surface area contributed by atoms with Crippen LogP contribution in [0.4, 0.5) is 0 Å². The van der Waals surface area contributed by atoms with Crippen LogP contribution in [0.15, 0.2) is 77.3 Å². The lowest BCUT2D eigenvalue weighted by Crippen LogP contribution is -2.48. The highest BCUT2D eigenvalue weighted by atomic mass is 79.9. The predicted octanol–water partition coefficient (Wildman–Crippen LogP) is 6.82. The van der Waals surface area contributed by atoms with Crippen molar-refractivity contribution in [2.75, 3.05) is 20.2 Å². The molecule has 0 bridgehead atoms. The van der Waals surface area contributed by atoms with E-state index in [2.05, 4.69) is 69.2 Å². The van der Waals surface area contributed by atoms with Gasteiger partial charge < -0.3 is 15.0 Å². The van der Waals surface area contributed by atoms with E-state index in [1.165, 1.54) is 5.56 Å². The van der Waals surface area contributed by atoms with Gasteiger partial charge in [0.15, 0.2) is 0 Å². The summed E-state index contributed by atoms with van der Waals surface area (Å²) in [6.45, 7) is 8.10. The molecular formula is C34H42BrN3O3. The number of carbonyl (C=O) groups is 2. The zero-order valence-corrected chi connectivity index (χ0v) is 26.0. The Balaban J connectivity index is 1.37. The highest BCUT2D eigenvalue weighted by Gasteiger charge is 2.31. The van der Waals surface area contributed by atoms with Gasteiger partial charge in [0.05, 0.1) is 7.11 Å². The minimum Gasteiger partial charge on any atom is -0.497 e. The van der Waals surface area contributed by atoms with Crippen LogP contribution in [0.1, 0.15) is 66.6 Å². The highest BCUT2D eigenvalue weighted by Crippen LogP contribution is 2.25. The molecule has 1 aliphatic rings. The van der Waals surface area contributed by atoms with Crippen molar-refractivity contribution in [2.24, 2.45) is 5.92 Å². The molecule has 1 heterocycles. The molecule has 0 atom stereocenters. The Morgan fingerprint density at radius 2 is 1.49 bits per heavy atom. The van der Waals surface area contributed by atoms with Crippen LogP contribution in [-0.4, -0.2) is 47.9 Å². The van der Waals surface area contributed by atoms with Crippen LogP contribution in [0.3, 0.4) is 0 Å². The van der Waals surface area contributed by atoms with Gasteiger partial charge in [0, 0.05) is 54.7 Å². The third-order valence-corrected chi connectivity index (χ3v) is 8.65. The molecule has 6 nitrogen and oxygen atoms in total. The number of methoxy groups -OCH3 is 1. The van der Waals surface area contributed by atoms with Gasteiger partial charge in [-0.25, -0.2) is 0 Å². The van der Waals surface area contributed by atoms with Crippen molar-refractivity contribution in [3.8, 4) is 5.75 Å². The Morgan fingerprint density at radius 1 is 0.902 bits per heavy atom. The van der Waals surface area contributed by atoms with E-state index in [9.17, 15) is 9.59 Å². The van der Waals surface area contributed by atoms with Crippen LogP contribution in [0.2, 0.25) is 0 Å². The fourth-order valence-electron chi connectivity index (χ4n) is 5.48. The zero-order chi connectivity index (χ0) is 29.2. The van der Waals surface area contributed by atoms with Crippen molar-refractivity contribution >= 4 is 27.7 Å². The molecule has 0 saturated carbocycles. The van der Waals surface area contributed by atoms with E-state index in [0.29, 0.717) is 18.7 Å². The van der Waals surface area contributed by atoms with Crippen LogP contribution < -0.4 is 10.1 Å². The number of nitrogens with one attached hydrogen (secondary N) is 1. The molecular weight excluding hydrogens is 578 g/mol. The number of piperidine rings is 1. The molecule has 41 heavy (non-hydrogen) atoms. The summed E-state index contributed by atoms with van der Waals surface area (Å²) in [6.07, 6.45) is 3.63. The number of benzene rings is 3. The number of hydrogen-bond acceptors (Lipinski definition) is 4. The summed E-state index contributed by atoms with van der Waals surface area (Å²) in [5.74, 6) is 0.968. The minimum atomic E-state index is -0.115. The third-order valence-electron chi connectivity index (χ3n) is 8.12. The number of hydrogen-bond donors (Lipinski definition) is 1. The lowest BCUT2D eigenvalue weighted by molar-refractivity contribution is -0.140. The molecule has 1 saturated heterocycles. The summed E-state index contributed by atoms with van der Waals surface area (Å²) < 4.78 is 6.29. The van der Waals surface area contributed by atoms with E-state index in [4.69, 9.17) is 4.74 Å². The SMILES string of the molecule is CCC(CC)C(=O)N(Cc1ccc(C(=O)NCc2ccc(OC)cc2)cc1)C1CCN(Cc2ccc(Br)cc2)CC1. The molecule has 0 aromatic heterocycles. The lowest BCUT2D eigenvalue weighted by atomic mass is 9.96. The highest BCUT2D eigenvalue weighted by molar-refractivity contribution is 9.10. The standard InChI is InChI=1S/C34H42BrN3O3/c1-4-28(5-2)34(40)38(31-18-20-37(21-19-31)23-26-8-14-30(35)15-9-26)24-27-6-12-29(13-7-27)33(39)36-22-25-10-16-32(41-3)17-11-25/h6-17,28,31H,4-5,18-24H2,1-3H3,(H,36,39). The van der Waals surface area contributed by atoms with Crippen LogP contribution in [0, 0.1) is 5.92 Å². The van der Waals surface area contributed by atoms with Crippen LogP contribution in [0.25, 0.3) is 0 Å². The summed E-state index contributed by atoms with van der Waals surface area (Å²) in [5.41, 5.74) is 3.98. The Kier molecular flexibility index (Phi) is 11.4. The van der Waals surface area contributed by atoms with Gasteiger partial charge in [0.25, 0.3) is 5.91 Å². The second-order valence-corrected chi connectivity index (χ2v) is 11.8. The second kappa shape index (κ2) is 15.2. The van der Waals surface area contributed by atoms with Gasteiger partial charge >= 0.3 is 0 Å². The number of amides is 2. The number of carbonyl (C=O) groups excluding carboxylic acids is 2. The molecule has 0 aliphatic carbocycles. The largest absolute Gasteiger partial charge is 0.497 e. The molecule has 4 rings (SSSR count). The topological polar surface area (TPSA) is 61.9 Å². The quantitative estimate of drug-likeness (QED) is 0.242. The average molecular weight is 621 g/mol. The van der Waals surface area contributed by atoms with Crippen molar-refractivity contribution in [1.29, 1.82) is 0 Å². The van der Waals surface area contributed by atoms with Crippen molar-refractivity contribution < 1.29 is 14.3 Å². The Labute approximate surface area is 253 Å². The van der Waals surface area contributed by atoms with Gasteiger partial charge in [-0.3, -0.25) is 14.5 Å². The van der Waals surface area contributed by atoms with E-state index >= 15 is 0 Å². The normalized spacial score (nSPS) is 14.2. The summed E-state index contributed by atoms with van der Waals surface area (Å²) in [4.78, 5) is 31.1. The monoisotopic (exact) mass is 619 g/mol. The molecule has 0 spiro atoms. The number of rotatable bonds is 12. The average Bonchev–Trinajstić information content (AvgIpc) is 3.01. The van der Waals surface area contributed by atoms with Gasteiger partial charge in [-0.1, -0.05) is 66.2 Å². The fourth-order valence-corrected chi connectivity index (χ4v) is 5.75. The second-order valence-electron chi connectivity index (χ2n) is 10.8. The molecule has 1 aliphatic heterocycles. The smallest absolute Gasteiger partial charge is 0.251 e. The van der Waals surface area contributed by atoms with Crippen molar-refractivity contribution in [2.45, 2.75) is 65.2 Å². The first-order chi connectivity index (χ1) is 19.9. The molecule has 0 radical (unpaired) electrons. The summed E-state index contributed by atoms with van der Waals surface area (Å²) >= 11 is 3.51. The third kappa shape index (κ3) is 8.66. The minimum absolute atomic E-state index is 0.0406. The van der Waals surface area contributed by atoms with Crippen molar-refractivity contribution in [3.05, 3.63) is 99.5 Å². The molecule has 7 heteroatoms. The van der Waals surface area contributed by atoms with E-state index < -0.39 is 0 Å². The van der Waals surface area contributed by atoms with Gasteiger partial charge in [-0.15, -0.1) is 0 Å². The van der Waals surface area contributed by atoms with E-state index in [-0.39, 0.29) is 23.8 Å². The lowest BCUT2D eigenvalue weighted by Gasteiger charge is -2.40. The maximum atomic E-state index is 13.7. The first kappa shape index (κ1) is 30.8. The van der Waals surface area contributed by atoms with E-state index in [1.54, 1.807) is 7.11 Å². The molecule has 3 aromatic rings. The molecule has 2 amide bonds. The number of likely N-dealkylation sites (tertiary alicyclic amines) is 1. The van der Waals surface area contributed by atoms with E-state index in [1.807, 2.05) is 48.5 Å². The van der Waals surface area contributed by atoms with Crippen molar-refractivity contribution in [3.63, 3.8) is 0 Å². The van der Waals surface area contributed by atoms with Crippen LogP contribution in [-0.2, 0) is 24.4 Å². The van der Waals surface area contributed by atoms with Gasteiger partial charge in [-0.05, 0) is 78.8 Å². The van der Waals surface area contributed by atoms with E-state index in [0.717, 1.165) is 66.7 Å². The first-order valence-electron chi connectivity index (χ1n) is 14.7. The summed E-state index contributed by atoms with van der Waals surface area (Å²) in [6, 6.07) is 24.1. The molecule has 0 unspecified atom stereocenters. The Hall–Kier alpha value is -3.16. The van der Waals surface area contributed by atoms with Gasteiger partial charge in [0.2, 0.25) is 5.91 Å². The Morgan fingerprint density at radius 3 is 2.07 bits per heavy atom. The van der Waals surface area contributed by atoms with Crippen LogP contribution in [0.5, 0.6) is 5.75 Å². The van der Waals surface area contributed by atoms with Gasteiger partial charge in [0.1, 0.15) is 5.75 Å². The molecule has 218 valence electrons. The molecule has 1 fully saturated rings. The molecule has 3 aromatic carbocycles. The molecule has 1 N–H and O–H groups in total. The number of halogens is 1. The number of ether oxygens (including phenoxy) is 1. The zero-order valence-electron chi connectivity index (χ0n) is 24.4. The maximum absolute atomic E-state index is 13.7. The fraction of sp³-hybridized carbons (Fsp3) is 0.412. The summed E-state index contributed by atoms with van der Waals surface area (Å²) in [7, 11) is 1.64. The predicted molar refractivity (Wildman–Crippen MR) is 168 cm³/mol. The Bertz CT molecular complexity index is 1250.